The number of rotatable bonds is 3. The van der Waals surface area contributed by atoms with Crippen LogP contribution >= 0.6 is 0 Å². The Morgan fingerprint density at radius 3 is 2.77 bits per heavy atom. The Bertz CT molecular complexity index is 173. The Balaban J connectivity index is 2.22. The van der Waals surface area contributed by atoms with Crippen LogP contribution in [0.15, 0.2) is 0 Å². The van der Waals surface area contributed by atoms with E-state index < -0.39 is 0 Å². The molecule has 1 saturated heterocycles. The summed E-state index contributed by atoms with van der Waals surface area (Å²) < 4.78 is 0. The van der Waals surface area contributed by atoms with Gasteiger partial charge in [-0.25, -0.2) is 0 Å². The fourth-order valence-electron chi connectivity index (χ4n) is 2.35. The summed E-state index contributed by atoms with van der Waals surface area (Å²) >= 11 is 0. The summed E-state index contributed by atoms with van der Waals surface area (Å²) in [6.07, 6.45) is 5.52. The fourth-order valence-corrected chi connectivity index (χ4v) is 2.35. The first-order chi connectivity index (χ1) is 6.22. The molecule has 0 bridgehead atoms. The second kappa shape index (κ2) is 5.24. The lowest BCUT2D eigenvalue weighted by Gasteiger charge is -2.33. The third-order valence-electron chi connectivity index (χ3n) is 2.80. The van der Waals surface area contributed by atoms with E-state index in [-0.39, 0.29) is 0 Å². The Morgan fingerprint density at radius 2 is 2.15 bits per heavy atom. The van der Waals surface area contributed by atoms with E-state index in [1.807, 2.05) is 0 Å². The van der Waals surface area contributed by atoms with Crippen LogP contribution in [0.1, 0.15) is 46.0 Å². The van der Waals surface area contributed by atoms with Gasteiger partial charge in [0.2, 0.25) is 0 Å². The lowest BCUT2D eigenvalue weighted by molar-refractivity contribution is 0.255. The Hall–Kier alpha value is -0.550. The number of hydrogen-bond donors (Lipinski definition) is 1. The van der Waals surface area contributed by atoms with E-state index in [1.165, 1.54) is 19.3 Å². The van der Waals surface area contributed by atoms with Crippen molar-refractivity contribution in [2.75, 3.05) is 0 Å². The highest BCUT2D eigenvalue weighted by Gasteiger charge is 2.22. The van der Waals surface area contributed by atoms with Crippen LogP contribution in [0.4, 0.5) is 0 Å². The minimum atomic E-state index is 0.659. The van der Waals surface area contributed by atoms with E-state index in [9.17, 15) is 0 Å². The van der Waals surface area contributed by atoms with E-state index in [4.69, 9.17) is 5.26 Å². The monoisotopic (exact) mass is 180 g/mol. The Labute approximate surface area is 81.3 Å². The molecule has 3 unspecified atom stereocenters. The van der Waals surface area contributed by atoms with Crippen molar-refractivity contribution in [3.05, 3.63) is 0 Å². The van der Waals surface area contributed by atoms with E-state index in [0.29, 0.717) is 18.5 Å². The summed E-state index contributed by atoms with van der Waals surface area (Å²) in [5.74, 6) is 0.850. The van der Waals surface area contributed by atoms with Crippen molar-refractivity contribution in [3.8, 4) is 6.07 Å². The molecule has 1 N–H and O–H groups in total. The summed E-state index contributed by atoms with van der Waals surface area (Å²) in [4.78, 5) is 0. The molecule has 0 aromatic rings. The number of hydrogen-bond acceptors (Lipinski definition) is 2. The average molecular weight is 180 g/mol. The topological polar surface area (TPSA) is 35.8 Å². The minimum Gasteiger partial charge on any atom is -0.311 e. The summed E-state index contributed by atoms with van der Waals surface area (Å²) in [6, 6.07) is 3.52. The molecule has 0 spiro atoms. The van der Waals surface area contributed by atoms with Gasteiger partial charge in [-0.15, -0.1) is 0 Å². The van der Waals surface area contributed by atoms with Crippen LogP contribution in [0, 0.1) is 17.2 Å². The molecule has 0 aliphatic carbocycles. The quantitative estimate of drug-likeness (QED) is 0.677. The summed E-state index contributed by atoms with van der Waals surface area (Å²) in [5, 5.41) is 12.0. The van der Waals surface area contributed by atoms with Gasteiger partial charge in [-0.05, 0) is 38.5 Å². The predicted octanol–water partition coefficient (Wildman–Crippen LogP) is 2.46. The van der Waals surface area contributed by atoms with Crippen molar-refractivity contribution in [3.63, 3.8) is 0 Å². The van der Waals surface area contributed by atoms with Gasteiger partial charge in [0.1, 0.15) is 0 Å². The number of piperidine rings is 1. The molecule has 0 amide bonds. The number of nitrogens with zero attached hydrogens (tertiary/aromatic N) is 1. The van der Waals surface area contributed by atoms with Crippen molar-refractivity contribution < 1.29 is 0 Å². The maximum absolute atomic E-state index is 8.43. The molecule has 13 heavy (non-hydrogen) atoms. The van der Waals surface area contributed by atoms with Crippen molar-refractivity contribution in [1.82, 2.24) is 5.32 Å². The number of unbranched alkanes of at least 4 members (excludes halogenated alkanes) is 1. The Kier molecular flexibility index (Phi) is 4.24. The maximum Gasteiger partial charge on any atom is 0.0621 e. The third kappa shape index (κ3) is 3.78. The molecule has 1 aliphatic rings. The van der Waals surface area contributed by atoms with Crippen LogP contribution in [0.3, 0.4) is 0 Å². The molecule has 0 aromatic carbocycles. The number of nitriles is 1. The van der Waals surface area contributed by atoms with E-state index in [1.54, 1.807) is 0 Å². The second-order valence-electron chi connectivity index (χ2n) is 4.39. The standard InChI is InChI=1S/C11H20N2/c1-9-7-10(2)13-11(8-9)5-3-4-6-12/h9-11,13H,3-5,7-8H2,1-2H3. The van der Waals surface area contributed by atoms with Crippen LogP contribution in [-0.2, 0) is 0 Å². The van der Waals surface area contributed by atoms with Crippen molar-refractivity contribution in [1.29, 1.82) is 5.26 Å². The van der Waals surface area contributed by atoms with Gasteiger partial charge in [0.15, 0.2) is 0 Å². The predicted molar refractivity (Wildman–Crippen MR) is 54.2 cm³/mol. The minimum absolute atomic E-state index is 0.659. The van der Waals surface area contributed by atoms with Gasteiger partial charge in [0, 0.05) is 18.5 Å². The van der Waals surface area contributed by atoms with Crippen LogP contribution in [0.5, 0.6) is 0 Å². The molecule has 0 aromatic heterocycles. The third-order valence-corrected chi connectivity index (χ3v) is 2.80. The first-order valence-electron chi connectivity index (χ1n) is 5.35. The molecular formula is C11H20N2. The zero-order valence-corrected chi connectivity index (χ0v) is 8.71. The van der Waals surface area contributed by atoms with Gasteiger partial charge in [-0.3, -0.25) is 0 Å². The highest BCUT2D eigenvalue weighted by atomic mass is 15.0. The molecule has 1 rings (SSSR count). The lowest BCUT2D eigenvalue weighted by atomic mass is 9.88. The summed E-state index contributed by atoms with van der Waals surface area (Å²) in [7, 11) is 0. The largest absolute Gasteiger partial charge is 0.311 e. The fraction of sp³-hybridized carbons (Fsp3) is 0.909. The van der Waals surface area contributed by atoms with E-state index >= 15 is 0 Å². The first-order valence-corrected chi connectivity index (χ1v) is 5.35. The lowest BCUT2D eigenvalue weighted by Crippen LogP contribution is -2.43. The highest BCUT2D eigenvalue weighted by Crippen LogP contribution is 2.21. The van der Waals surface area contributed by atoms with Gasteiger partial charge < -0.3 is 5.32 Å². The molecule has 2 heteroatoms. The van der Waals surface area contributed by atoms with Gasteiger partial charge in [0.25, 0.3) is 0 Å². The van der Waals surface area contributed by atoms with E-state index in [0.717, 1.165) is 12.3 Å². The molecule has 74 valence electrons. The molecule has 0 radical (unpaired) electrons. The Morgan fingerprint density at radius 1 is 1.38 bits per heavy atom. The van der Waals surface area contributed by atoms with Crippen LogP contribution in [0.2, 0.25) is 0 Å². The molecule has 1 heterocycles. The molecule has 1 fully saturated rings. The smallest absolute Gasteiger partial charge is 0.0621 e. The molecule has 3 atom stereocenters. The average Bonchev–Trinajstić information content (AvgIpc) is 2.03. The SMILES string of the molecule is CC1CC(C)NC(CCCC#N)C1. The zero-order chi connectivity index (χ0) is 9.68. The summed E-state index contributed by atoms with van der Waals surface area (Å²) in [5.41, 5.74) is 0. The molecule has 1 aliphatic heterocycles. The molecule has 0 saturated carbocycles. The zero-order valence-electron chi connectivity index (χ0n) is 8.71. The number of nitrogens with one attached hydrogen (secondary N) is 1. The van der Waals surface area contributed by atoms with Crippen LogP contribution in [0.25, 0.3) is 0 Å². The van der Waals surface area contributed by atoms with Gasteiger partial charge >= 0.3 is 0 Å². The molecular weight excluding hydrogens is 160 g/mol. The van der Waals surface area contributed by atoms with Gasteiger partial charge in [0.05, 0.1) is 6.07 Å². The van der Waals surface area contributed by atoms with Crippen LogP contribution in [-0.4, -0.2) is 12.1 Å². The summed E-state index contributed by atoms with van der Waals surface area (Å²) in [6.45, 7) is 4.58. The maximum atomic E-state index is 8.43. The van der Waals surface area contributed by atoms with Gasteiger partial charge in [-0.2, -0.15) is 5.26 Å². The van der Waals surface area contributed by atoms with Crippen molar-refractivity contribution in [2.24, 2.45) is 5.92 Å². The van der Waals surface area contributed by atoms with Crippen molar-refractivity contribution in [2.45, 2.75) is 58.0 Å². The van der Waals surface area contributed by atoms with Crippen molar-refractivity contribution >= 4 is 0 Å². The first kappa shape index (κ1) is 10.5. The normalized spacial score (nSPS) is 34.1. The molecule has 2 nitrogen and oxygen atoms in total. The van der Waals surface area contributed by atoms with Crippen LogP contribution < -0.4 is 5.32 Å². The van der Waals surface area contributed by atoms with E-state index in [2.05, 4.69) is 25.2 Å². The highest BCUT2D eigenvalue weighted by molar-refractivity contribution is 4.82. The second-order valence-corrected chi connectivity index (χ2v) is 4.39. The van der Waals surface area contributed by atoms with Gasteiger partial charge in [-0.1, -0.05) is 6.92 Å².